The number of benzene rings is 2. The van der Waals surface area contributed by atoms with E-state index in [4.69, 9.17) is 0 Å². The highest BCUT2D eigenvalue weighted by Crippen LogP contribution is 2.22. The van der Waals surface area contributed by atoms with Crippen LogP contribution in [0.2, 0.25) is 0 Å². The first-order valence-corrected chi connectivity index (χ1v) is 12.4. The molecule has 162 valence electrons. The number of nitrogens with one attached hydrogen (secondary N) is 1. The Morgan fingerprint density at radius 1 is 1.07 bits per heavy atom. The summed E-state index contributed by atoms with van der Waals surface area (Å²) in [6.45, 7) is 4.37. The van der Waals surface area contributed by atoms with E-state index in [1.165, 1.54) is 35.5 Å². The van der Waals surface area contributed by atoms with Crippen LogP contribution >= 0.6 is 0 Å². The maximum atomic E-state index is 12.3. The molecule has 0 spiro atoms. The molecule has 0 aliphatic carbocycles. The van der Waals surface area contributed by atoms with E-state index in [0.29, 0.717) is 12.1 Å². The van der Waals surface area contributed by atoms with Gasteiger partial charge in [-0.3, -0.25) is 9.10 Å². The third kappa shape index (κ3) is 6.23. The van der Waals surface area contributed by atoms with Crippen molar-refractivity contribution in [1.29, 1.82) is 0 Å². The SMILES string of the molecule is Cc1cccc(N(CCCC(=O)Nc2ccc(N3CCCCC3)cc2)S(C)(=O)=O)c1. The van der Waals surface area contributed by atoms with Crippen molar-refractivity contribution < 1.29 is 13.2 Å². The predicted octanol–water partition coefficient (Wildman–Crippen LogP) is 4.17. The van der Waals surface area contributed by atoms with E-state index in [1.54, 1.807) is 6.07 Å². The van der Waals surface area contributed by atoms with Crippen molar-refractivity contribution in [2.24, 2.45) is 0 Å². The van der Waals surface area contributed by atoms with Crippen LogP contribution in [0.15, 0.2) is 48.5 Å². The van der Waals surface area contributed by atoms with Gasteiger partial charge in [0.05, 0.1) is 11.9 Å². The first-order valence-electron chi connectivity index (χ1n) is 10.5. The number of aryl methyl sites for hydroxylation is 1. The molecule has 7 heteroatoms. The summed E-state index contributed by atoms with van der Waals surface area (Å²) in [7, 11) is -3.41. The summed E-state index contributed by atoms with van der Waals surface area (Å²) in [5, 5.41) is 2.91. The molecule has 0 atom stereocenters. The maximum absolute atomic E-state index is 12.3. The fraction of sp³-hybridized carbons (Fsp3) is 0.435. The molecular formula is C23H31N3O3S. The van der Waals surface area contributed by atoms with Crippen LogP contribution in [-0.2, 0) is 14.8 Å². The van der Waals surface area contributed by atoms with Crippen molar-refractivity contribution in [3.05, 3.63) is 54.1 Å². The zero-order valence-corrected chi connectivity index (χ0v) is 18.6. The van der Waals surface area contributed by atoms with Gasteiger partial charge in [-0.15, -0.1) is 0 Å². The van der Waals surface area contributed by atoms with Crippen molar-refractivity contribution in [2.45, 2.75) is 39.0 Å². The van der Waals surface area contributed by atoms with Crippen LogP contribution in [-0.4, -0.2) is 40.2 Å². The van der Waals surface area contributed by atoms with Gasteiger partial charge in [-0.2, -0.15) is 0 Å². The third-order valence-corrected chi connectivity index (χ3v) is 6.52. The Balaban J connectivity index is 1.52. The standard InChI is InChI=1S/C23H31N3O3S/c1-19-8-6-9-22(18-19)26(30(2,28)29)17-7-10-23(27)24-20-11-13-21(14-12-20)25-15-4-3-5-16-25/h6,8-9,11-14,18H,3-5,7,10,15-17H2,1-2H3,(H,24,27). The van der Waals surface area contributed by atoms with Crippen LogP contribution in [0.1, 0.15) is 37.7 Å². The Morgan fingerprint density at radius 2 is 1.77 bits per heavy atom. The molecular weight excluding hydrogens is 398 g/mol. The number of sulfonamides is 1. The second-order valence-electron chi connectivity index (χ2n) is 7.92. The van der Waals surface area contributed by atoms with Gasteiger partial charge in [0.1, 0.15) is 0 Å². The lowest BCUT2D eigenvalue weighted by Gasteiger charge is -2.28. The predicted molar refractivity (Wildman–Crippen MR) is 124 cm³/mol. The summed E-state index contributed by atoms with van der Waals surface area (Å²) in [6.07, 6.45) is 5.64. The van der Waals surface area contributed by atoms with Crippen LogP contribution in [0.25, 0.3) is 0 Å². The highest BCUT2D eigenvalue weighted by Gasteiger charge is 2.18. The maximum Gasteiger partial charge on any atom is 0.232 e. The Hall–Kier alpha value is -2.54. The van der Waals surface area contributed by atoms with E-state index in [2.05, 4.69) is 10.2 Å². The van der Waals surface area contributed by atoms with E-state index in [0.717, 1.165) is 24.3 Å². The quantitative estimate of drug-likeness (QED) is 0.684. The molecule has 0 unspecified atom stereocenters. The van der Waals surface area contributed by atoms with E-state index >= 15 is 0 Å². The zero-order chi connectivity index (χ0) is 21.6. The van der Waals surface area contributed by atoms with Crippen molar-refractivity contribution in [3.63, 3.8) is 0 Å². The van der Waals surface area contributed by atoms with Gasteiger partial charge in [0.25, 0.3) is 0 Å². The van der Waals surface area contributed by atoms with Gasteiger partial charge in [0, 0.05) is 37.4 Å². The molecule has 1 saturated heterocycles. The van der Waals surface area contributed by atoms with Crippen LogP contribution in [0.5, 0.6) is 0 Å². The van der Waals surface area contributed by atoms with E-state index in [-0.39, 0.29) is 18.9 Å². The first kappa shape index (κ1) is 22.2. The van der Waals surface area contributed by atoms with Crippen LogP contribution in [0.3, 0.4) is 0 Å². The number of carbonyl (C=O) groups is 1. The topological polar surface area (TPSA) is 69.7 Å². The third-order valence-electron chi connectivity index (χ3n) is 5.33. The normalized spacial score (nSPS) is 14.4. The van der Waals surface area contributed by atoms with Gasteiger partial charge >= 0.3 is 0 Å². The van der Waals surface area contributed by atoms with Crippen molar-refractivity contribution in [2.75, 3.05) is 40.4 Å². The van der Waals surface area contributed by atoms with E-state index in [9.17, 15) is 13.2 Å². The monoisotopic (exact) mass is 429 g/mol. The zero-order valence-electron chi connectivity index (χ0n) is 17.8. The lowest BCUT2D eigenvalue weighted by Crippen LogP contribution is -2.31. The van der Waals surface area contributed by atoms with Gasteiger partial charge in [-0.1, -0.05) is 12.1 Å². The van der Waals surface area contributed by atoms with Gasteiger partial charge in [0.15, 0.2) is 0 Å². The van der Waals surface area contributed by atoms with Crippen LogP contribution < -0.4 is 14.5 Å². The van der Waals surface area contributed by atoms with Crippen LogP contribution in [0.4, 0.5) is 17.1 Å². The summed E-state index contributed by atoms with van der Waals surface area (Å²) in [6, 6.07) is 15.3. The molecule has 0 radical (unpaired) electrons. The smallest absolute Gasteiger partial charge is 0.232 e. The van der Waals surface area contributed by atoms with E-state index < -0.39 is 10.0 Å². The number of nitrogens with zero attached hydrogens (tertiary/aromatic N) is 2. The molecule has 2 aromatic carbocycles. The Labute approximate surface area is 179 Å². The number of hydrogen-bond donors (Lipinski definition) is 1. The molecule has 1 aliphatic heterocycles. The van der Waals surface area contributed by atoms with Crippen molar-refractivity contribution in [1.82, 2.24) is 0 Å². The molecule has 1 heterocycles. The van der Waals surface area contributed by atoms with E-state index in [1.807, 2.05) is 49.4 Å². The second-order valence-corrected chi connectivity index (χ2v) is 9.83. The largest absolute Gasteiger partial charge is 0.372 e. The number of anilines is 3. The summed E-state index contributed by atoms with van der Waals surface area (Å²) < 4.78 is 25.7. The number of piperidine rings is 1. The molecule has 0 bridgehead atoms. The molecule has 1 aliphatic rings. The molecule has 0 aromatic heterocycles. The second kappa shape index (κ2) is 9.98. The molecule has 0 saturated carbocycles. The van der Waals surface area contributed by atoms with Gasteiger partial charge < -0.3 is 10.2 Å². The van der Waals surface area contributed by atoms with Crippen molar-refractivity contribution in [3.8, 4) is 0 Å². The average molecular weight is 430 g/mol. The molecule has 2 aromatic rings. The molecule has 1 fully saturated rings. The molecule has 1 amide bonds. The highest BCUT2D eigenvalue weighted by molar-refractivity contribution is 7.92. The fourth-order valence-corrected chi connectivity index (χ4v) is 4.74. The number of rotatable bonds is 8. The Morgan fingerprint density at radius 3 is 2.40 bits per heavy atom. The molecule has 1 N–H and O–H groups in total. The first-order chi connectivity index (χ1) is 14.3. The highest BCUT2D eigenvalue weighted by atomic mass is 32.2. The molecule has 6 nitrogen and oxygen atoms in total. The summed E-state index contributed by atoms with van der Waals surface area (Å²) in [5.41, 5.74) is 3.58. The van der Waals surface area contributed by atoms with Crippen molar-refractivity contribution >= 4 is 33.0 Å². The Bertz CT molecular complexity index is 952. The summed E-state index contributed by atoms with van der Waals surface area (Å²) in [5.74, 6) is -0.113. The van der Waals surface area contributed by atoms with Gasteiger partial charge in [-0.25, -0.2) is 8.42 Å². The van der Waals surface area contributed by atoms with Gasteiger partial charge in [0.2, 0.25) is 15.9 Å². The minimum Gasteiger partial charge on any atom is -0.372 e. The molecule has 30 heavy (non-hydrogen) atoms. The Kier molecular flexibility index (Phi) is 7.37. The number of hydrogen-bond acceptors (Lipinski definition) is 4. The average Bonchev–Trinajstić information content (AvgIpc) is 2.71. The minimum absolute atomic E-state index is 0.113. The number of carbonyl (C=O) groups excluding carboxylic acids is 1. The van der Waals surface area contributed by atoms with Gasteiger partial charge in [-0.05, 0) is 74.6 Å². The summed E-state index contributed by atoms with van der Waals surface area (Å²) in [4.78, 5) is 14.7. The summed E-state index contributed by atoms with van der Waals surface area (Å²) >= 11 is 0. The number of amides is 1. The lowest BCUT2D eigenvalue weighted by molar-refractivity contribution is -0.116. The lowest BCUT2D eigenvalue weighted by atomic mass is 10.1. The minimum atomic E-state index is -3.41. The molecule has 3 rings (SSSR count). The fourth-order valence-electron chi connectivity index (χ4n) is 3.78. The van der Waals surface area contributed by atoms with Crippen LogP contribution in [0, 0.1) is 6.92 Å².